The molecule has 0 saturated carbocycles. The van der Waals surface area contributed by atoms with Gasteiger partial charge in [0, 0.05) is 18.2 Å². The average molecular weight is 244 g/mol. The summed E-state index contributed by atoms with van der Waals surface area (Å²) in [5, 5.41) is 2.42. The van der Waals surface area contributed by atoms with E-state index < -0.39 is 5.51 Å². The molecular weight excluding hydrogens is 229 g/mol. The third-order valence-electron chi connectivity index (χ3n) is 1.71. The molecule has 3 N–H and O–H groups in total. The Hall–Kier alpha value is -0.430. The molecule has 1 atom stereocenters. The van der Waals surface area contributed by atoms with Crippen LogP contribution in [-0.4, -0.2) is 30.3 Å². The molecule has 0 aromatic rings. The van der Waals surface area contributed by atoms with E-state index in [9.17, 15) is 18.0 Å². The number of hydrogen-bond acceptors (Lipinski definition) is 3. The Morgan fingerprint density at radius 1 is 1.53 bits per heavy atom. The van der Waals surface area contributed by atoms with E-state index in [1.807, 2.05) is 0 Å². The van der Waals surface area contributed by atoms with Crippen LogP contribution in [0.25, 0.3) is 0 Å². The minimum atomic E-state index is -4.23. The van der Waals surface area contributed by atoms with Crippen molar-refractivity contribution in [3.63, 3.8) is 0 Å². The van der Waals surface area contributed by atoms with Crippen LogP contribution in [0, 0.1) is 5.92 Å². The molecule has 0 spiro atoms. The molecule has 0 aliphatic rings. The Balaban J connectivity index is 3.55. The maximum atomic E-state index is 11.7. The first kappa shape index (κ1) is 14.6. The molecule has 90 valence electrons. The van der Waals surface area contributed by atoms with Gasteiger partial charge in [-0.3, -0.25) is 4.79 Å². The van der Waals surface area contributed by atoms with Gasteiger partial charge in [-0.1, -0.05) is 6.92 Å². The lowest BCUT2D eigenvalue weighted by atomic mass is 10.1. The Morgan fingerprint density at radius 3 is 2.60 bits per heavy atom. The molecule has 0 bridgehead atoms. The summed E-state index contributed by atoms with van der Waals surface area (Å²) in [6, 6.07) is 0. The van der Waals surface area contributed by atoms with Crippen molar-refractivity contribution in [2.45, 2.75) is 18.9 Å². The van der Waals surface area contributed by atoms with Gasteiger partial charge >= 0.3 is 5.51 Å². The maximum absolute atomic E-state index is 11.7. The van der Waals surface area contributed by atoms with Crippen LogP contribution >= 0.6 is 11.8 Å². The lowest BCUT2D eigenvalue weighted by Crippen LogP contribution is -2.32. The van der Waals surface area contributed by atoms with E-state index >= 15 is 0 Å². The van der Waals surface area contributed by atoms with E-state index in [2.05, 4.69) is 5.32 Å². The van der Waals surface area contributed by atoms with Gasteiger partial charge in [-0.2, -0.15) is 13.2 Å². The molecule has 15 heavy (non-hydrogen) atoms. The van der Waals surface area contributed by atoms with Crippen molar-refractivity contribution in [3.05, 3.63) is 0 Å². The van der Waals surface area contributed by atoms with Crippen LogP contribution in [0.2, 0.25) is 0 Å². The van der Waals surface area contributed by atoms with Gasteiger partial charge in [0.25, 0.3) is 0 Å². The second-order valence-electron chi connectivity index (χ2n) is 3.06. The first-order valence-electron chi connectivity index (χ1n) is 4.55. The molecule has 0 rings (SSSR count). The van der Waals surface area contributed by atoms with Crippen LogP contribution in [0.15, 0.2) is 0 Å². The third kappa shape index (κ3) is 8.56. The molecule has 0 aromatic carbocycles. The summed E-state index contributed by atoms with van der Waals surface area (Å²) in [4.78, 5) is 11.2. The van der Waals surface area contributed by atoms with Gasteiger partial charge in [0.05, 0.1) is 0 Å². The van der Waals surface area contributed by atoms with Crippen molar-refractivity contribution in [2.24, 2.45) is 11.7 Å². The van der Waals surface area contributed by atoms with Gasteiger partial charge in [-0.05, 0) is 24.7 Å². The fraction of sp³-hybridized carbons (Fsp3) is 0.875. The largest absolute Gasteiger partial charge is 0.441 e. The van der Waals surface area contributed by atoms with Crippen LogP contribution in [0.3, 0.4) is 0 Å². The monoisotopic (exact) mass is 244 g/mol. The standard InChI is InChI=1S/C8H15F3N2OS/c1-6(2-3-12)7(14)13-4-5-15-8(9,10)11/h6H,2-5,12H2,1H3,(H,13,14). The van der Waals surface area contributed by atoms with Crippen molar-refractivity contribution in [1.29, 1.82) is 0 Å². The molecule has 0 heterocycles. The lowest BCUT2D eigenvalue weighted by molar-refractivity contribution is -0.124. The van der Waals surface area contributed by atoms with E-state index in [-0.39, 0.29) is 35.9 Å². The normalized spacial score (nSPS) is 13.7. The van der Waals surface area contributed by atoms with Gasteiger partial charge < -0.3 is 11.1 Å². The molecular formula is C8H15F3N2OS. The van der Waals surface area contributed by atoms with E-state index in [0.717, 1.165) is 0 Å². The van der Waals surface area contributed by atoms with Gasteiger partial charge in [0.2, 0.25) is 5.91 Å². The molecule has 0 fully saturated rings. The number of hydrogen-bond donors (Lipinski definition) is 2. The zero-order valence-electron chi connectivity index (χ0n) is 8.43. The predicted octanol–water partition coefficient (Wildman–Crippen LogP) is 1.34. The highest BCUT2D eigenvalue weighted by molar-refractivity contribution is 8.00. The number of thioether (sulfide) groups is 1. The zero-order chi connectivity index (χ0) is 11.9. The van der Waals surface area contributed by atoms with E-state index in [4.69, 9.17) is 5.73 Å². The SMILES string of the molecule is CC(CCN)C(=O)NCCSC(F)(F)F. The minimum absolute atomic E-state index is 0.0257. The smallest absolute Gasteiger partial charge is 0.355 e. The van der Waals surface area contributed by atoms with Crippen LogP contribution in [0.1, 0.15) is 13.3 Å². The topological polar surface area (TPSA) is 55.1 Å². The number of amides is 1. The van der Waals surface area contributed by atoms with Gasteiger partial charge in [0.1, 0.15) is 0 Å². The van der Waals surface area contributed by atoms with E-state index in [1.165, 1.54) is 0 Å². The number of halogens is 3. The van der Waals surface area contributed by atoms with Crippen LogP contribution in [0.5, 0.6) is 0 Å². The highest BCUT2D eigenvalue weighted by Gasteiger charge is 2.27. The molecule has 1 unspecified atom stereocenters. The molecule has 0 aliphatic heterocycles. The Kier molecular flexibility index (Phi) is 6.75. The molecule has 3 nitrogen and oxygen atoms in total. The molecule has 0 aliphatic carbocycles. The average Bonchev–Trinajstić information content (AvgIpc) is 2.11. The number of rotatable bonds is 6. The second-order valence-corrected chi connectivity index (χ2v) is 4.22. The minimum Gasteiger partial charge on any atom is -0.355 e. The van der Waals surface area contributed by atoms with Gasteiger partial charge in [-0.15, -0.1) is 0 Å². The maximum Gasteiger partial charge on any atom is 0.441 e. The summed E-state index contributed by atoms with van der Waals surface area (Å²) in [7, 11) is 0. The summed E-state index contributed by atoms with van der Waals surface area (Å²) in [6.07, 6.45) is 0.540. The van der Waals surface area contributed by atoms with Crippen molar-refractivity contribution in [2.75, 3.05) is 18.8 Å². The van der Waals surface area contributed by atoms with Crippen molar-refractivity contribution in [3.8, 4) is 0 Å². The third-order valence-corrected chi connectivity index (χ3v) is 2.45. The van der Waals surface area contributed by atoms with Crippen molar-refractivity contribution >= 4 is 17.7 Å². The molecule has 0 radical (unpaired) electrons. The lowest BCUT2D eigenvalue weighted by Gasteiger charge is -2.11. The summed E-state index contributed by atoms with van der Waals surface area (Å²) in [5.41, 5.74) is 1.02. The Labute approximate surface area is 91.0 Å². The first-order valence-corrected chi connectivity index (χ1v) is 5.54. The van der Waals surface area contributed by atoms with Crippen LogP contribution in [-0.2, 0) is 4.79 Å². The van der Waals surface area contributed by atoms with Gasteiger partial charge in [0.15, 0.2) is 0 Å². The molecule has 1 amide bonds. The number of alkyl halides is 3. The highest BCUT2D eigenvalue weighted by atomic mass is 32.2. The van der Waals surface area contributed by atoms with Gasteiger partial charge in [-0.25, -0.2) is 0 Å². The van der Waals surface area contributed by atoms with Crippen LogP contribution in [0.4, 0.5) is 13.2 Å². The summed E-state index contributed by atoms with van der Waals surface area (Å²) >= 11 is -0.139. The Morgan fingerprint density at radius 2 is 2.13 bits per heavy atom. The summed E-state index contributed by atoms with van der Waals surface area (Å²) in [5.74, 6) is -0.654. The zero-order valence-corrected chi connectivity index (χ0v) is 9.25. The quantitative estimate of drug-likeness (QED) is 0.693. The first-order chi connectivity index (χ1) is 6.87. The number of nitrogens with two attached hydrogens (primary N) is 1. The van der Waals surface area contributed by atoms with Crippen molar-refractivity contribution < 1.29 is 18.0 Å². The Bertz CT molecular complexity index is 199. The van der Waals surface area contributed by atoms with E-state index in [0.29, 0.717) is 13.0 Å². The fourth-order valence-electron chi connectivity index (χ4n) is 0.896. The summed E-state index contributed by atoms with van der Waals surface area (Å²) < 4.78 is 35.1. The van der Waals surface area contributed by atoms with Crippen LogP contribution < -0.4 is 11.1 Å². The fourth-order valence-corrected chi connectivity index (χ4v) is 1.33. The van der Waals surface area contributed by atoms with Crippen molar-refractivity contribution in [1.82, 2.24) is 5.32 Å². The number of carbonyl (C=O) groups excluding carboxylic acids is 1. The highest BCUT2D eigenvalue weighted by Crippen LogP contribution is 2.29. The predicted molar refractivity (Wildman–Crippen MR) is 54.4 cm³/mol. The second kappa shape index (κ2) is 6.95. The van der Waals surface area contributed by atoms with E-state index in [1.54, 1.807) is 6.92 Å². The molecule has 0 aromatic heterocycles. The number of nitrogens with one attached hydrogen (secondary N) is 1. The number of carbonyl (C=O) groups is 1. The molecule has 7 heteroatoms. The molecule has 0 saturated heterocycles. The summed E-state index contributed by atoms with van der Waals surface area (Å²) in [6.45, 7) is 2.11.